The molecule has 0 aromatic heterocycles. The molecule has 1 aromatic rings. The fourth-order valence-corrected chi connectivity index (χ4v) is 1.03. The van der Waals surface area contributed by atoms with E-state index in [1.807, 2.05) is 0 Å². The lowest BCUT2D eigenvalue weighted by Crippen LogP contribution is -1.99. The van der Waals surface area contributed by atoms with Crippen molar-refractivity contribution in [2.45, 2.75) is 0 Å². The summed E-state index contributed by atoms with van der Waals surface area (Å²) in [6.45, 7) is 0. The van der Waals surface area contributed by atoms with Crippen LogP contribution in [0.2, 0.25) is 0 Å². The molecule has 1 aromatic carbocycles. The molecule has 0 fully saturated rings. The van der Waals surface area contributed by atoms with Gasteiger partial charge in [0.2, 0.25) is 5.83 Å². The highest BCUT2D eigenvalue weighted by molar-refractivity contribution is 5.93. The SMILES string of the molecule is O=C(O)/C(F)=C(\F)c1ccccc1[N+](=O)[O-]. The Kier molecular flexibility index (Phi) is 3.29. The molecule has 0 heterocycles. The number of rotatable bonds is 3. The highest BCUT2D eigenvalue weighted by atomic mass is 19.2. The maximum Gasteiger partial charge on any atom is 0.367 e. The lowest BCUT2D eigenvalue weighted by atomic mass is 10.1. The van der Waals surface area contributed by atoms with E-state index < -0.39 is 33.8 Å². The maximum absolute atomic E-state index is 13.2. The van der Waals surface area contributed by atoms with Crippen molar-refractivity contribution >= 4 is 17.5 Å². The highest BCUT2D eigenvalue weighted by Crippen LogP contribution is 2.29. The minimum Gasteiger partial charge on any atom is -0.476 e. The number of aliphatic carboxylic acids is 1. The van der Waals surface area contributed by atoms with Crippen LogP contribution in [-0.2, 0) is 4.79 Å². The van der Waals surface area contributed by atoms with Gasteiger partial charge in [0, 0.05) is 6.07 Å². The number of hydrogen-bond donors (Lipinski definition) is 1. The van der Waals surface area contributed by atoms with Gasteiger partial charge in [0.05, 0.1) is 10.5 Å². The monoisotopic (exact) mass is 229 g/mol. The maximum atomic E-state index is 13.2. The number of carbonyl (C=O) groups is 1. The van der Waals surface area contributed by atoms with Crippen LogP contribution < -0.4 is 0 Å². The number of nitro groups is 1. The standard InChI is InChI=1S/C9H5F2NO4/c10-7(8(11)9(13)14)5-3-1-2-4-6(5)12(15)16/h1-4H,(H,13,14)/b8-7+. The molecule has 16 heavy (non-hydrogen) atoms. The molecule has 1 N–H and O–H groups in total. The van der Waals surface area contributed by atoms with Crippen molar-refractivity contribution < 1.29 is 23.6 Å². The topological polar surface area (TPSA) is 80.4 Å². The van der Waals surface area contributed by atoms with Crippen molar-refractivity contribution in [3.8, 4) is 0 Å². The molecular formula is C9H5F2NO4. The Labute approximate surface area is 87.8 Å². The zero-order chi connectivity index (χ0) is 12.3. The first-order chi connectivity index (χ1) is 7.45. The second-order valence-corrected chi connectivity index (χ2v) is 2.71. The van der Waals surface area contributed by atoms with Gasteiger partial charge in [-0.05, 0) is 6.07 Å². The normalized spacial score (nSPS) is 11.9. The van der Waals surface area contributed by atoms with Crippen LogP contribution in [0.4, 0.5) is 14.5 Å². The summed E-state index contributed by atoms with van der Waals surface area (Å²) in [5, 5.41) is 18.7. The predicted molar refractivity (Wildman–Crippen MR) is 49.9 cm³/mol. The fraction of sp³-hybridized carbons (Fsp3) is 0. The molecule has 1 rings (SSSR count). The van der Waals surface area contributed by atoms with Crippen LogP contribution in [0.15, 0.2) is 30.1 Å². The first-order valence-corrected chi connectivity index (χ1v) is 3.97. The fourth-order valence-electron chi connectivity index (χ4n) is 1.03. The number of hydrogen-bond acceptors (Lipinski definition) is 3. The lowest BCUT2D eigenvalue weighted by Gasteiger charge is -1.99. The highest BCUT2D eigenvalue weighted by Gasteiger charge is 2.23. The van der Waals surface area contributed by atoms with Crippen LogP contribution in [-0.4, -0.2) is 16.0 Å². The molecule has 0 saturated carbocycles. The van der Waals surface area contributed by atoms with Gasteiger partial charge in [-0.1, -0.05) is 12.1 Å². The molecule has 0 spiro atoms. The van der Waals surface area contributed by atoms with Crippen LogP contribution >= 0.6 is 0 Å². The summed E-state index contributed by atoms with van der Waals surface area (Å²) in [5.74, 6) is -5.94. The number of benzene rings is 1. The van der Waals surface area contributed by atoms with Gasteiger partial charge in [-0.3, -0.25) is 10.1 Å². The minimum absolute atomic E-state index is 0.698. The average Bonchev–Trinajstić information content (AvgIpc) is 2.26. The van der Waals surface area contributed by atoms with Crippen LogP contribution in [0.3, 0.4) is 0 Å². The molecule has 0 bridgehead atoms. The Morgan fingerprint density at radius 1 is 1.31 bits per heavy atom. The summed E-state index contributed by atoms with van der Waals surface area (Å²) in [6.07, 6.45) is 0. The van der Waals surface area contributed by atoms with E-state index in [9.17, 15) is 23.7 Å². The molecule has 84 valence electrons. The van der Waals surface area contributed by atoms with Crippen molar-refractivity contribution in [2.75, 3.05) is 0 Å². The van der Waals surface area contributed by atoms with E-state index in [-0.39, 0.29) is 0 Å². The number of halogens is 2. The third-order valence-electron chi connectivity index (χ3n) is 1.72. The van der Waals surface area contributed by atoms with Crippen molar-refractivity contribution in [3.63, 3.8) is 0 Å². The van der Waals surface area contributed by atoms with E-state index in [1.54, 1.807) is 0 Å². The van der Waals surface area contributed by atoms with E-state index >= 15 is 0 Å². The second-order valence-electron chi connectivity index (χ2n) is 2.71. The van der Waals surface area contributed by atoms with E-state index in [0.717, 1.165) is 12.1 Å². The first kappa shape index (κ1) is 11.8. The molecule has 0 amide bonds. The molecule has 5 nitrogen and oxygen atoms in total. The minimum atomic E-state index is -2.12. The molecule has 0 aliphatic rings. The van der Waals surface area contributed by atoms with Crippen molar-refractivity contribution in [1.82, 2.24) is 0 Å². The summed E-state index contributed by atoms with van der Waals surface area (Å²) < 4.78 is 26.0. The summed E-state index contributed by atoms with van der Waals surface area (Å²) in [5.41, 5.74) is -1.40. The molecule has 0 aliphatic carbocycles. The summed E-state index contributed by atoms with van der Waals surface area (Å²) in [4.78, 5) is 19.7. The van der Waals surface area contributed by atoms with Crippen LogP contribution in [0, 0.1) is 10.1 Å². The van der Waals surface area contributed by atoms with Gasteiger partial charge in [-0.2, -0.15) is 4.39 Å². The zero-order valence-corrected chi connectivity index (χ0v) is 7.68. The van der Waals surface area contributed by atoms with Crippen molar-refractivity contribution in [1.29, 1.82) is 0 Å². The van der Waals surface area contributed by atoms with Crippen molar-refractivity contribution in [2.24, 2.45) is 0 Å². The molecule has 7 heteroatoms. The average molecular weight is 229 g/mol. The zero-order valence-electron chi connectivity index (χ0n) is 7.68. The van der Waals surface area contributed by atoms with Crippen LogP contribution in [0.1, 0.15) is 5.56 Å². The Morgan fingerprint density at radius 2 is 1.88 bits per heavy atom. The Balaban J connectivity index is 3.39. The largest absolute Gasteiger partial charge is 0.476 e. The van der Waals surface area contributed by atoms with Crippen LogP contribution in [0.25, 0.3) is 5.83 Å². The lowest BCUT2D eigenvalue weighted by molar-refractivity contribution is -0.385. The van der Waals surface area contributed by atoms with Gasteiger partial charge in [-0.15, -0.1) is 0 Å². The number of nitrogens with zero attached hydrogens (tertiary/aromatic N) is 1. The number of carboxylic acid groups (broad SMARTS) is 1. The number of carboxylic acids is 1. The quantitative estimate of drug-likeness (QED) is 0.489. The third kappa shape index (κ3) is 2.19. The predicted octanol–water partition coefficient (Wildman–Crippen LogP) is 2.29. The molecule has 0 aliphatic heterocycles. The Morgan fingerprint density at radius 3 is 2.38 bits per heavy atom. The molecule has 0 atom stereocenters. The van der Waals surface area contributed by atoms with E-state index in [0.29, 0.717) is 0 Å². The first-order valence-electron chi connectivity index (χ1n) is 3.97. The van der Waals surface area contributed by atoms with Crippen LogP contribution in [0.5, 0.6) is 0 Å². The smallest absolute Gasteiger partial charge is 0.367 e. The molecular weight excluding hydrogens is 224 g/mol. The van der Waals surface area contributed by atoms with E-state index in [2.05, 4.69) is 0 Å². The van der Waals surface area contributed by atoms with Gasteiger partial charge in [0.25, 0.3) is 5.69 Å². The van der Waals surface area contributed by atoms with E-state index in [1.165, 1.54) is 12.1 Å². The molecule has 0 unspecified atom stereocenters. The molecule has 0 radical (unpaired) electrons. The summed E-state index contributed by atoms with van der Waals surface area (Å²) in [6, 6.07) is 4.37. The van der Waals surface area contributed by atoms with Crippen molar-refractivity contribution in [3.05, 3.63) is 45.8 Å². The van der Waals surface area contributed by atoms with Gasteiger partial charge >= 0.3 is 5.97 Å². The Hall–Kier alpha value is -2.31. The van der Waals surface area contributed by atoms with Gasteiger partial charge in [-0.25, -0.2) is 9.18 Å². The third-order valence-corrected chi connectivity index (χ3v) is 1.72. The van der Waals surface area contributed by atoms with Gasteiger partial charge < -0.3 is 5.11 Å². The van der Waals surface area contributed by atoms with E-state index in [4.69, 9.17) is 5.11 Å². The second kappa shape index (κ2) is 4.47. The Bertz CT molecular complexity index is 484. The van der Waals surface area contributed by atoms with Gasteiger partial charge in [0.1, 0.15) is 0 Å². The number of para-hydroxylation sites is 1. The van der Waals surface area contributed by atoms with Gasteiger partial charge in [0.15, 0.2) is 5.83 Å². The summed E-state index contributed by atoms with van der Waals surface area (Å²) >= 11 is 0. The number of nitro benzene ring substituents is 1. The summed E-state index contributed by atoms with van der Waals surface area (Å²) in [7, 11) is 0. The molecule has 0 saturated heterocycles.